The number of piperazine rings is 1. The lowest BCUT2D eigenvalue weighted by Crippen LogP contribution is -2.49. The van der Waals surface area contributed by atoms with E-state index in [1.807, 2.05) is 40.0 Å². The molecule has 4 heterocycles. The number of rotatable bonds is 5. The zero-order valence-electron chi connectivity index (χ0n) is 17.3. The van der Waals surface area contributed by atoms with Gasteiger partial charge in [-0.2, -0.15) is 0 Å². The molecule has 0 bridgehead atoms. The summed E-state index contributed by atoms with van der Waals surface area (Å²) in [5.41, 5.74) is 1.88. The van der Waals surface area contributed by atoms with E-state index >= 15 is 0 Å². The maximum Gasteiger partial charge on any atom is 0.233 e. The maximum absolute atomic E-state index is 12.8. The van der Waals surface area contributed by atoms with Gasteiger partial charge in [-0.3, -0.25) is 9.36 Å². The van der Waals surface area contributed by atoms with Gasteiger partial charge in [0.25, 0.3) is 0 Å². The number of thioether (sulfide) groups is 1. The van der Waals surface area contributed by atoms with E-state index in [0.29, 0.717) is 29.0 Å². The van der Waals surface area contributed by atoms with Gasteiger partial charge < -0.3 is 9.80 Å². The van der Waals surface area contributed by atoms with Crippen molar-refractivity contribution in [2.45, 2.75) is 12.1 Å². The smallest absolute Gasteiger partial charge is 0.233 e. The van der Waals surface area contributed by atoms with Gasteiger partial charge in [0.2, 0.25) is 5.91 Å². The molecule has 0 aliphatic carbocycles. The first kappa shape index (κ1) is 21.2. The molecule has 1 aliphatic rings. The van der Waals surface area contributed by atoms with Gasteiger partial charge in [0.05, 0.1) is 16.8 Å². The molecule has 4 aromatic rings. The van der Waals surface area contributed by atoms with Crippen molar-refractivity contribution in [3.05, 3.63) is 52.9 Å². The molecule has 3 aromatic heterocycles. The number of halogens is 1. The second-order valence-electron chi connectivity index (χ2n) is 7.41. The minimum Gasteiger partial charge on any atom is -0.352 e. The molecule has 1 fully saturated rings. The monoisotopic (exact) mass is 485 g/mol. The molecule has 0 N–H and O–H groups in total. The van der Waals surface area contributed by atoms with Gasteiger partial charge in [0.1, 0.15) is 23.3 Å². The average molecular weight is 486 g/mol. The van der Waals surface area contributed by atoms with E-state index in [4.69, 9.17) is 11.6 Å². The van der Waals surface area contributed by atoms with Crippen LogP contribution in [0.1, 0.15) is 5.56 Å². The molecule has 32 heavy (non-hydrogen) atoms. The lowest BCUT2D eigenvalue weighted by Gasteiger charge is -2.35. The van der Waals surface area contributed by atoms with Gasteiger partial charge in [0, 0.05) is 31.2 Å². The summed E-state index contributed by atoms with van der Waals surface area (Å²) in [6, 6.07) is 7.86. The SMILES string of the molecule is Cc1ccc(-n2cnnc2SCC(=O)N2CCN(c3ncnc4sccc34)CC2)cc1Cl. The Labute approximate surface area is 198 Å². The zero-order valence-corrected chi connectivity index (χ0v) is 19.7. The van der Waals surface area contributed by atoms with Crippen LogP contribution in [0, 0.1) is 6.92 Å². The molecule has 0 radical (unpaired) electrons. The third kappa shape index (κ3) is 4.17. The number of benzene rings is 1. The number of thiophene rings is 1. The van der Waals surface area contributed by atoms with Gasteiger partial charge in [-0.05, 0) is 36.1 Å². The molecular weight excluding hydrogens is 466 g/mol. The fourth-order valence-corrected chi connectivity index (χ4v) is 5.38. The summed E-state index contributed by atoms with van der Waals surface area (Å²) < 4.78 is 1.85. The number of fused-ring (bicyclic) bond motifs is 1. The predicted molar refractivity (Wildman–Crippen MR) is 128 cm³/mol. The molecule has 0 unspecified atom stereocenters. The van der Waals surface area contributed by atoms with E-state index in [1.165, 1.54) is 11.8 Å². The highest BCUT2D eigenvalue weighted by Gasteiger charge is 2.24. The highest BCUT2D eigenvalue weighted by Crippen LogP contribution is 2.28. The number of aryl methyl sites for hydroxylation is 1. The van der Waals surface area contributed by atoms with Crippen molar-refractivity contribution in [3.8, 4) is 5.69 Å². The molecule has 1 aromatic carbocycles. The van der Waals surface area contributed by atoms with E-state index in [9.17, 15) is 4.79 Å². The third-order valence-corrected chi connectivity index (χ3v) is 7.60. The maximum atomic E-state index is 12.8. The molecule has 1 aliphatic heterocycles. The van der Waals surface area contributed by atoms with E-state index in [2.05, 4.69) is 31.1 Å². The van der Waals surface area contributed by atoms with Crippen LogP contribution in [-0.4, -0.2) is 67.5 Å². The van der Waals surface area contributed by atoms with Crippen LogP contribution in [0.4, 0.5) is 5.82 Å². The zero-order chi connectivity index (χ0) is 22.1. The van der Waals surface area contributed by atoms with Gasteiger partial charge in [-0.25, -0.2) is 9.97 Å². The van der Waals surface area contributed by atoms with Crippen LogP contribution in [-0.2, 0) is 4.79 Å². The molecule has 8 nitrogen and oxygen atoms in total. The summed E-state index contributed by atoms with van der Waals surface area (Å²) in [5.74, 6) is 1.35. The second-order valence-corrected chi connectivity index (χ2v) is 9.65. The van der Waals surface area contributed by atoms with Crippen LogP contribution in [0.5, 0.6) is 0 Å². The largest absolute Gasteiger partial charge is 0.352 e. The van der Waals surface area contributed by atoms with Gasteiger partial charge in [-0.15, -0.1) is 21.5 Å². The van der Waals surface area contributed by atoms with Crippen molar-refractivity contribution in [2.75, 3.05) is 36.8 Å². The van der Waals surface area contributed by atoms with E-state index < -0.39 is 0 Å². The number of nitrogens with zero attached hydrogens (tertiary/aromatic N) is 7. The molecule has 164 valence electrons. The molecule has 1 amide bonds. The standard InChI is InChI=1S/C21H20ClN7OS2/c1-14-2-3-15(10-17(14)22)29-13-25-26-21(29)32-11-18(30)27-5-7-28(8-6-27)19-16-4-9-31-20(16)24-12-23-19/h2-4,9-10,12-13H,5-8,11H2,1H3. The van der Waals surface area contributed by atoms with Crippen molar-refractivity contribution in [1.82, 2.24) is 29.6 Å². The Balaban J connectivity index is 1.20. The van der Waals surface area contributed by atoms with Crippen molar-refractivity contribution < 1.29 is 4.79 Å². The van der Waals surface area contributed by atoms with Crippen LogP contribution in [0.3, 0.4) is 0 Å². The number of aromatic nitrogens is 5. The molecule has 11 heteroatoms. The number of hydrogen-bond donors (Lipinski definition) is 0. The molecular formula is C21H20ClN7OS2. The molecule has 5 rings (SSSR count). The Bertz CT molecular complexity index is 1270. The second kappa shape index (κ2) is 9.05. The Kier molecular flexibility index (Phi) is 5.99. The summed E-state index contributed by atoms with van der Waals surface area (Å²) in [6.07, 6.45) is 3.25. The summed E-state index contributed by atoms with van der Waals surface area (Å²) in [7, 11) is 0. The van der Waals surface area contributed by atoms with E-state index in [0.717, 1.165) is 40.4 Å². The molecule has 0 atom stereocenters. The van der Waals surface area contributed by atoms with Crippen LogP contribution in [0.15, 0.2) is 47.5 Å². The first-order valence-corrected chi connectivity index (χ1v) is 12.3. The van der Waals surface area contributed by atoms with Gasteiger partial charge >= 0.3 is 0 Å². The summed E-state index contributed by atoms with van der Waals surface area (Å²) >= 11 is 9.26. The first-order chi connectivity index (χ1) is 15.6. The highest BCUT2D eigenvalue weighted by atomic mass is 35.5. The average Bonchev–Trinajstić information content (AvgIpc) is 3.49. The van der Waals surface area contributed by atoms with Crippen molar-refractivity contribution in [3.63, 3.8) is 0 Å². The fourth-order valence-electron chi connectivity index (χ4n) is 3.65. The molecule has 0 spiro atoms. The number of amides is 1. The fraction of sp³-hybridized carbons (Fsp3) is 0.286. The van der Waals surface area contributed by atoms with Gasteiger partial charge in [0.15, 0.2) is 5.16 Å². The molecule has 0 saturated carbocycles. The number of carbonyl (C=O) groups excluding carboxylic acids is 1. The minimum absolute atomic E-state index is 0.0921. The third-order valence-electron chi connectivity index (χ3n) is 5.45. The van der Waals surface area contributed by atoms with Crippen LogP contribution < -0.4 is 4.90 Å². The van der Waals surface area contributed by atoms with Crippen LogP contribution >= 0.6 is 34.7 Å². The predicted octanol–water partition coefficient (Wildman–Crippen LogP) is 3.67. The van der Waals surface area contributed by atoms with Crippen LogP contribution in [0.2, 0.25) is 5.02 Å². The van der Waals surface area contributed by atoms with Crippen LogP contribution in [0.25, 0.3) is 15.9 Å². The minimum atomic E-state index is 0.0921. The van der Waals surface area contributed by atoms with Crippen molar-refractivity contribution in [2.24, 2.45) is 0 Å². The molecule has 1 saturated heterocycles. The Hall–Kier alpha value is -2.69. The summed E-state index contributed by atoms with van der Waals surface area (Å²) in [4.78, 5) is 26.8. The summed E-state index contributed by atoms with van der Waals surface area (Å²) in [5, 5.41) is 12.6. The Morgan fingerprint density at radius 3 is 2.84 bits per heavy atom. The lowest BCUT2D eigenvalue weighted by molar-refractivity contribution is -0.128. The number of anilines is 1. The first-order valence-electron chi connectivity index (χ1n) is 10.1. The Morgan fingerprint density at radius 1 is 1.19 bits per heavy atom. The van der Waals surface area contributed by atoms with E-state index in [1.54, 1.807) is 24.0 Å². The van der Waals surface area contributed by atoms with Crippen molar-refractivity contribution >= 4 is 56.6 Å². The topological polar surface area (TPSA) is 80.0 Å². The van der Waals surface area contributed by atoms with E-state index in [-0.39, 0.29) is 5.91 Å². The Morgan fingerprint density at radius 2 is 2.03 bits per heavy atom. The highest BCUT2D eigenvalue weighted by molar-refractivity contribution is 7.99. The number of hydrogen-bond acceptors (Lipinski definition) is 8. The number of carbonyl (C=O) groups is 1. The summed E-state index contributed by atoms with van der Waals surface area (Å²) in [6.45, 7) is 4.78. The lowest BCUT2D eigenvalue weighted by atomic mass is 10.2. The normalized spacial score (nSPS) is 14.3. The van der Waals surface area contributed by atoms with Gasteiger partial charge in [-0.1, -0.05) is 29.4 Å². The quantitative estimate of drug-likeness (QED) is 0.399. The van der Waals surface area contributed by atoms with Crippen molar-refractivity contribution in [1.29, 1.82) is 0 Å².